The monoisotopic (exact) mass is 337 g/mol. The van der Waals surface area contributed by atoms with E-state index < -0.39 is 23.5 Å². The highest BCUT2D eigenvalue weighted by molar-refractivity contribution is 5.82. The van der Waals surface area contributed by atoms with Crippen LogP contribution in [0.15, 0.2) is 72.8 Å². The summed E-state index contributed by atoms with van der Waals surface area (Å²) in [5.41, 5.74) is 7.89. The second-order valence-electron chi connectivity index (χ2n) is 5.89. The van der Waals surface area contributed by atoms with E-state index in [4.69, 9.17) is 5.73 Å². The number of halogens is 2. The van der Waals surface area contributed by atoms with Crippen LogP contribution in [0.5, 0.6) is 0 Å². The third-order valence-electron chi connectivity index (χ3n) is 4.16. The molecule has 25 heavy (non-hydrogen) atoms. The Morgan fingerprint density at radius 3 is 2.28 bits per heavy atom. The van der Waals surface area contributed by atoms with Gasteiger partial charge in [-0.05, 0) is 41.3 Å². The highest BCUT2D eigenvalue weighted by Crippen LogP contribution is 2.28. The van der Waals surface area contributed by atoms with E-state index in [-0.39, 0.29) is 12.0 Å². The fraction of sp³-hybridized carbons (Fsp3) is 0.0952. The molecule has 0 aliphatic heterocycles. The largest absolute Gasteiger partial charge is 0.369 e. The quantitative estimate of drug-likeness (QED) is 0.735. The molecule has 126 valence electrons. The molecule has 1 unspecified atom stereocenters. The normalized spacial score (nSPS) is 11.9. The Morgan fingerprint density at radius 1 is 0.880 bits per heavy atom. The zero-order valence-corrected chi connectivity index (χ0v) is 13.5. The van der Waals surface area contributed by atoms with Crippen molar-refractivity contribution in [2.45, 2.75) is 12.3 Å². The van der Waals surface area contributed by atoms with Gasteiger partial charge in [0.15, 0.2) is 0 Å². The van der Waals surface area contributed by atoms with Gasteiger partial charge in [-0.25, -0.2) is 8.78 Å². The second-order valence-corrected chi connectivity index (χ2v) is 5.89. The second kappa shape index (κ2) is 7.26. The van der Waals surface area contributed by atoms with Crippen LogP contribution in [0.25, 0.3) is 11.1 Å². The van der Waals surface area contributed by atoms with Crippen molar-refractivity contribution in [2.24, 2.45) is 5.73 Å². The Labute approximate surface area is 144 Å². The molecule has 0 bridgehead atoms. The molecule has 1 amide bonds. The predicted molar refractivity (Wildman–Crippen MR) is 93.9 cm³/mol. The number of carbonyl (C=O) groups excluding carboxylic acids is 1. The maximum atomic E-state index is 14.6. The van der Waals surface area contributed by atoms with E-state index in [1.165, 1.54) is 18.2 Å². The minimum atomic E-state index is -0.855. The Balaban J connectivity index is 1.93. The Bertz CT molecular complexity index is 893. The summed E-state index contributed by atoms with van der Waals surface area (Å²) in [6.45, 7) is 0. The summed E-state index contributed by atoms with van der Waals surface area (Å²) < 4.78 is 28.0. The molecule has 3 aromatic carbocycles. The number of amides is 1. The molecule has 3 rings (SSSR count). The zero-order valence-electron chi connectivity index (χ0n) is 13.5. The first kappa shape index (κ1) is 16.8. The Hall–Kier alpha value is -3.01. The van der Waals surface area contributed by atoms with E-state index in [9.17, 15) is 13.6 Å². The third kappa shape index (κ3) is 3.91. The maximum absolute atomic E-state index is 14.6. The summed E-state index contributed by atoms with van der Waals surface area (Å²) >= 11 is 0. The number of carbonyl (C=O) groups is 1. The minimum Gasteiger partial charge on any atom is -0.369 e. The summed E-state index contributed by atoms with van der Waals surface area (Å²) in [7, 11) is 0. The molecule has 0 fully saturated rings. The molecule has 0 aromatic heterocycles. The number of benzene rings is 3. The van der Waals surface area contributed by atoms with E-state index in [0.717, 1.165) is 11.1 Å². The maximum Gasteiger partial charge on any atom is 0.225 e. The molecule has 0 spiro atoms. The van der Waals surface area contributed by atoms with Crippen LogP contribution in [-0.2, 0) is 11.2 Å². The standard InChI is InChI=1S/C21H17F2NO/c22-17-8-4-5-14(11-17)12-19(21(24)25)18-10-9-16(13-20(18)23)15-6-2-1-3-7-15/h1-11,13,19H,12H2,(H2,24,25). The SMILES string of the molecule is NC(=O)C(Cc1cccc(F)c1)c1ccc(-c2ccccc2)cc1F. The number of primary amides is 1. The number of rotatable bonds is 5. The van der Waals surface area contributed by atoms with Crippen molar-refractivity contribution < 1.29 is 13.6 Å². The van der Waals surface area contributed by atoms with Gasteiger partial charge in [-0.3, -0.25) is 4.79 Å². The van der Waals surface area contributed by atoms with Gasteiger partial charge in [0.2, 0.25) is 5.91 Å². The minimum absolute atomic E-state index is 0.148. The lowest BCUT2D eigenvalue weighted by molar-refractivity contribution is -0.119. The van der Waals surface area contributed by atoms with Gasteiger partial charge in [0.1, 0.15) is 11.6 Å². The lowest BCUT2D eigenvalue weighted by Crippen LogP contribution is -2.24. The molecule has 0 heterocycles. The average Bonchev–Trinajstić information content (AvgIpc) is 2.60. The highest BCUT2D eigenvalue weighted by atomic mass is 19.1. The molecular weight excluding hydrogens is 320 g/mol. The van der Waals surface area contributed by atoms with Crippen molar-refractivity contribution in [2.75, 3.05) is 0 Å². The van der Waals surface area contributed by atoms with Crippen LogP contribution in [0, 0.1) is 11.6 Å². The molecule has 3 aromatic rings. The third-order valence-corrected chi connectivity index (χ3v) is 4.16. The van der Waals surface area contributed by atoms with Crippen LogP contribution >= 0.6 is 0 Å². The first-order valence-electron chi connectivity index (χ1n) is 7.93. The van der Waals surface area contributed by atoms with Crippen LogP contribution in [0.3, 0.4) is 0 Å². The molecule has 2 N–H and O–H groups in total. The van der Waals surface area contributed by atoms with Crippen molar-refractivity contribution in [3.8, 4) is 11.1 Å². The van der Waals surface area contributed by atoms with E-state index in [0.29, 0.717) is 5.56 Å². The lowest BCUT2D eigenvalue weighted by Gasteiger charge is -2.16. The summed E-state index contributed by atoms with van der Waals surface area (Å²) in [5.74, 6) is -2.40. The van der Waals surface area contributed by atoms with Crippen molar-refractivity contribution in [1.82, 2.24) is 0 Å². The molecule has 0 saturated heterocycles. The Morgan fingerprint density at radius 2 is 1.64 bits per heavy atom. The lowest BCUT2D eigenvalue weighted by atomic mass is 9.89. The van der Waals surface area contributed by atoms with E-state index >= 15 is 0 Å². The first-order valence-corrected chi connectivity index (χ1v) is 7.93. The fourth-order valence-corrected chi connectivity index (χ4v) is 2.88. The topological polar surface area (TPSA) is 43.1 Å². The summed E-state index contributed by atoms with van der Waals surface area (Å²) in [4.78, 5) is 11.9. The molecule has 2 nitrogen and oxygen atoms in total. The van der Waals surface area contributed by atoms with Gasteiger partial charge in [0, 0.05) is 5.56 Å². The van der Waals surface area contributed by atoms with E-state index in [1.54, 1.807) is 24.3 Å². The zero-order chi connectivity index (χ0) is 17.8. The highest BCUT2D eigenvalue weighted by Gasteiger charge is 2.22. The smallest absolute Gasteiger partial charge is 0.225 e. The van der Waals surface area contributed by atoms with Crippen LogP contribution in [0.1, 0.15) is 17.0 Å². The van der Waals surface area contributed by atoms with Crippen LogP contribution in [0.2, 0.25) is 0 Å². The number of hydrogen-bond acceptors (Lipinski definition) is 1. The van der Waals surface area contributed by atoms with E-state index in [2.05, 4.69) is 0 Å². The van der Waals surface area contributed by atoms with Gasteiger partial charge < -0.3 is 5.73 Å². The van der Waals surface area contributed by atoms with Crippen LogP contribution in [0.4, 0.5) is 8.78 Å². The van der Waals surface area contributed by atoms with Crippen molar-refractivity contribution in [1.29, 1.82) is 0 Å². The molecule has 1 atom stereocenters. The summed E-state index contributed by atoms with van der Waals surface area (Å²) in [6.07, 6.45) is 0.148. The summed E-state index contributed by atoms with van der Waals surface area (Å²) in [6, 6.07) is 20.0. The molecule has 0 saturated carbocycles. The molecule has 4 heteroatoms. The Kier molecular flexibility index (Phi) is 4.89. The van der Waals surface area contributed by atoms with Crippen LogP contribution < -0.4 is 5.73 Å². The van der Waals surface area contributed by atoms with E-state index in [1.807, 2.05) is 30.3 Å². The average molecular weight is 337 g/mol. The van der Waals surface area contributed by atoms with Gasteiger partial charge in [0.05, 0.1) is 5.92 Å². The molecule has 0 aliphatic rings. The van der Waals surface area contributed by atoms with Crippen molar-refractivity contribution >= 4 is 5.91 Å². The van der Waals surface area contributed by atoms with Gasteiger partial charge >= 0.3 is 0 Å². The van der Waals surface area contributed by atoms with Crippen molar-refractivity contribution in [3.63, 3.8) is 0 Å². The first-order chi connectivity index (χ1) is 12.0. The van der Waals surface area contributed by atoms with Crippen molar-refractivity contribution in [3.05, 3.63) is 95.6 Å². The summed E-state index contributed by atoms with van der Waals surface area (Å²) in [5, 5.41) is 0. The molecule has 0 aliphatic carbocycles. The van der Waals surface area contributed by atoms with Gasteiger partial charge in [-0.15, -0.1) is 0 Å². The van der Waals surface area contributed by atoms with Gasteiger partial charge in [0.25, 0.3) is 0 Å². The fourth-order valence-electron chi connectivity index (χ4n) is 2.88. The molecule has 0 radical (unpaired) electrons. The van der Waals surface area contributed by atoms with Gasteiger partial charge in [-0.1, -0.05) is 54.6 Å². The predicted octanol–water partition coefficient (Wildman–Crippen LogP) is 4.44. The number of nitrogens with two attached hydrogens (primary N) is 1. The van der Waals surface area contributed by atoms with Crippen LogP contribution in [-0.4, -0.2) is 5.91 Å². The van der Waals surface area contributed by atoms with Gasteiger partial charge in [-0.2, -0.15) is 0 Å². The molecular formula is C21H17F2NO. The number of hydrogen-bond donors (Lipinski definition) is 1.